The molecule has 2 aromatic rings. The molecule has 6 heteroatoms. The molecule has 0 saturated heterocycles. The fraction of sp³-hybridized carbons (Fsp3) is 0.333. The average Bonchev–Trinajstić information content (AvgIpc) is 3.21. The quantitative estimate of drug-likeness (QED) is 0.553. The first-order valence-corrected chi connectivity index (χ1v) is 9.63. The summed E-state index contributed by atoms with van der Waals surface area (Å²) in [6, 6.07) is 9.47. The highest BCUT2D eigenvalue weighted by atomic mass is 32.1. The molecule has 142 valence electrons. The van der Waals surface area contributed by atoms with E-state index in [0.717, 1.165) is 16.0 Å². The topological polar surface area (TPSA) is 61.8 Å². The third kappa shape index (κ3) is 3.90. The van der Waals surface area contributed by atoms with Gasteiger partial charge in [0.2, 0.25) is 0 Å². The Bertz CT molecular complexity index is 853. The van der Waals surface area contributed by atoms with Gasteiger partial charge in [0.25, 0.3) is 0 Å². The molecule has 1 aliphatic carbocycles. The molecule has 1 aliphatic rings. The zero-order chi connectivity index (χ0) is 19.4. The highest BCUT2D eigenvalue weighted by Gasteiger charge is 2.40. The highest BCUT2D eigenvalue weighted by molar-refractivity contribution is 7.10. The number of thiophene rings is 1. The number of ketones is 1. The van der Waals surface area contributed by atoms with Gasteiger partial charge in [-0.15, -0.1) is 11.3 Å². The second-order valence-electron chi connectivity index (χ2n) is 6.20. The highest BCUT2D eigenvalue weighted by Crippen LogP contribution is 2.43. The van der Waals surface area contributed by atoms with Crippen LogP contribution in [0.4, 0.5) is 0 Å². The first-order chi connectivity index (χ1) is 13.1. The Labute approximate surface area is 162 Å². The van der Waals surface area contributed by atoms with E-state index in [9.17, 15) is 9.59 Å². The average molecular weight is 386 g/mol. The van der Waals surface area contributed by atoms with Crippen molar-refractivity contribution in [1.82, 2.24) is 0 Å². The Morgan fingerprint density at radius 2 is 1.96 bits per heavy atom. The lowest BCUT2D eigenvalue weighted by Crippen LogP contribution is -2.33. The van der Waals surface area contributed by atoms with Crippen molar-refractivity contribution in [3.63, 3.8) is 0 Å². The molecule has 0 aliphatic heterocycles. The van der Waals surface area contributed by atoms with Crippen molar-refractivity contribution < 1.29 is 23.8 Å². The summed E-state index contributed by atoms with van der Waals surface area (Å²) in [7, 11) is 3.16. The maximum Gasteiger partial charge on any atom is 0.317 e. The molecule has 3 rings (SSSR count). The van der Waals surface area contributed by atoms with E-state index < -0.39 is 11.9 Å². The third-order valence-electron chi connectivity index (χ3n) is 4.67. The van der Waals surface area contributed by atoms with Crippen molar-refractivity contribution in [3.05, 3.63) is 52.2 Å². The number of rotatable bonds is 6. The predicted molar refractivity (Wildman–Crippen MR) is 104 cm³/mol. The summed E-state index contributed by atoms with van der Waals surface area (Å²) in [5, 5.41) is 1.95. The molecule has 1 aromatic carbocycles. The summed E-state index contributed by atoms with van der Waals surface area (Å²) in [6.45, 7) is 2.00. The zero-order valence-corrected chi connectivity index (χ0v) is 16.4. The molecule has 1 heterocycles. The number of allylic oxidation sites excluding steroid dienone is 2. The lowest BCUT2D eigenvalue weighted by molar-refractivity contribution is -0.151. The maximum absolute atomic E-state index is 12.8. The van der Waals surface area contributed by atoms with Gasteiger partial charge in [-0.1, -0.05) is 12.1 Å². The molecule has 27 heavy (non-hydrogen) atoms. The van der Waals surface area contributed by atoms with E-state index in [4.69, 9.17) is 14.2 Å². The van der Waals surface area contributed by atoms with Crippen LogP contribution in [0.2, 0.25) is 0 Å². The SMILES string of the molecule is CCOC(=O)C1C(=O)C=C(c2ccc(OC)c(OC)c2)CC1c1cccs1. The summed E-state index contributed by atoms with van der Waals surface area (Å²) in [5.74, 6) is -0.477. The van der Waals surface area contributed by atoms with Crippen molar-refractivity contribution in [2.75, 3.05) is 20.8 Å². The molecule has 0 fully saturated rings. The first-order valence-electron chi connectivity index (χ1n) is 8.75. The predicted octanol–water partition coefficient (Wildman–Crippen LogP) is 4.08. The van der Waals surface area contributed by atoms with Gasteiger partial charge in [-0.2, -0.15) is 0 Å². The molecule has 0 bridgehead atoms. The number of ether oxygens (including phenoxy) is 3. The minimum atomic E-state index is -0.799. The van der Waals surface area contributed by atoms with Crippen LogP contribution in [0.3, 0.4) is 0 Å². The van der Waals surface area contributed by atoms with Crippen LogP contribution in [0.5, 0.6) is 11.5 Å². The Morgan fingerprint density at radius 1 is 1.19 bits per heavy atom. The molecule has 0 radical (unpaired) electrons. The van der Waals surface area contributed by atoms with E-state index in [1.807, 2.05) is 35.7 Å². The fourth-order valence-corrected chi connectivity index (χ4v) is 4.26. The normalized spacial score (nSPS) is 19.4. The smallest absolute Gasteiger partial charge is 0.317 e. The van der Waals surface area contributed by atoms with Gasteiger partial charge in [-0.3, -0.25) is 9.59 Å². The van der Waals surface area contributed by atoms with Gasteiger partial charge in [-0.25, -0.2) is 0 Å². The van der Waals surface area contributed by atoms with Gasteiger partial charge in [0.15, 0.2) is 17.3 Å². The molecule has 0 spiro atoms. The Balaban J connectivity index is 2.00. The number of carbonyl (C=O) groups excluding carboxylic acids is 2. The molecular formula is C21H22O5S. The Morgan fingerprint density at radius 3 is 2.59 bits per heavy atom. The number of carbonyl (C=O) groups is 2. The molecule has 0 saturated carbocycles. The van der Waals surface area contributed by atoms with Gasteiger partial charge < -0.3 is 14.2 Å². The molecule has 2 atom stereocenters. The lowest BCUT2D eigenvalue weighted by Gasteiger charge is -2.28. The second-order valence-corrected chi connectivity index (χ2v) is 7.18. The second kappa shape index (κ2) is 8.39. The summed E-state index contributed by atoms with van der Waals surface area (Å²) in [4.78, 5) is 26.3. The van der Waals surface area contributed by atoms with Crippen molar-refractivity contribution in [2.45, 2.75) is 19.3 Å². The van der Waals surface area contributed by atoms with Crippen LogP contribution >= 0.6 is 11.3 Å². The number of benzene rings is 1. The standard InChI is InChI=1S/C21H22O5S/c1-4-26-21(23)20-15(19-6-5-9-27-19)10-14(11-16(20)22)13-7-8-17(24-2)18(12-13)25-3/h5-9,11-12,15,20H,4,10H2,1-3H3. The summed E-state index contributed by atoms with van der Waals surface area (Å²) < 4.78 is 15.8. The fourth-order valence-electron chi connectivity index (χ4n) is 3.39. The largest absolute Gasteiger partial charge is 0.493 e. The Kier molecular flexibility index (Phi) is 5.96. The van der Waals surface area contributed by atoms with E-state index in [1.165, 1.54) is 0 Å². The molecule has 2 unspecified atom stereocenters. The monoisotopic (exact) mass is 386 g/mol. The summed E-state index contributed by atoms with van der Waals surface area (Å²) >= 11 is 1.55. The van der Waals surface area contributed by atoms with Crippen molar-refractivity contribution in [3.8, 4) is 11.5 Å². The van der Waals surface area contributed by atoms with E-state index in [2.05, 4.69) is 0 Å². The number of esters is 1. The Hall–Kier alpha value is -2.60. The van der Waals surface area contributed by atoms with E-state index in [-0.39, 0.29) is 18.3 Å². The molecular weight excluding hydrogens is 364 g/mol. The van der Waals surface area contributed by atoms with Crippen LogP contribution in [0, 0.1) is 5.92 Å². The molecule has 1 aromatic heterocycles. The van der Waals surface area contributed by atoms with Gasteiger partial charge in [0, 0.05) is 10.8 Å². The van der Waals surface area contributed by atoms with Gasteiger partial charge in [0.1, 0.15) is 5.92 Å². The van der Waals surface area contributed by atoms with Crippen LogP contribution in [-0.2, 0) is 14.3 Å². The minimum absolute atomic E-state index is 0.220. The number of hydrogen-bond donors (Lipinski definition) is 0. The van der Waals surface area contributed by atoms with Crippen molar-refractivity contribution in [2.24, 2.45) is 5.92 Å². The van der Waals surface area contributed by atoms with Gasteiger partial charge >= 0.3 is 5.97 Å². The van der Waals surface area contributed by atoms with Crippen LogP contribution in [0.1, 0.15) is 29.7 Å². The first kappa shape index (κ1) is 19.2. The maximum atomic E-state index is 12.8. The zero-order valence-electron chi connectivity index (χ0n) is 15.6. The van der Waals surface area contributed by atoms with Crippen molar-refractivity contribution in [1.29, 1.82) is 0 Å². The van der Waals surface area contributed by atoms with Crippen LogP contribution in [-0.4, -0.2) is 32.6 Å². The van der Waals surface area contributed by atoms with Gasteiger partial charge in [0.05, 0.1) is 20.8 Å². The summed E-state index contributed by atoms with van der Waals surface area (Å²) in [6.07, 6.45) is 2.14. The van der Waals surface area contributed by atoms with E-state index in [1.54, 1.807) is 38.6 Å². The minimum Gasteiger partial charge on any atom is -0.493 e. The summed E-state index contributed by atoms with van der Waals surface area (Å²) in [5.41, 5.74) is 1.75. The third-order valence-corrected chi connectivity index (χ3v) is 5.67. The van der Waals surface area contributed by atoms with E-state index in [0.29, 0.717) is 17.9 Å². The number of hydrogen-bond acceptors (Lipinski definition) is 6. The van der Waals surface area contributed by atoms with E-state index >= 15 is 0 Å². The number of methoxy groups -OCH3 is 2. The van der Waals surface area contributed by atoms with Gasteiger partial charge in [-0.05, 0) is 54.1 Å². The molecule has 0 N–H and O–H groups in total. The van der Waals surface area contributed by atoms with Crippen LogP contribution in [0.25, 0.3) is 5.57 Å². The lowest BCUT2D eigenvalue weighted by atomic mass is 9.76. The van der Waals surface area contributed by atoms with Crippen LogP contribution < -0.4 is 9.47 Å². The van der Waals surface area contributed by atoms with Crippen LogP contribution in [0.15, 0.2) is 41.8 Å². The van der Waals surface area contributed by atoms with Crippen molar-refractivity contribution >= 4 is 28.7 Å². The molecule has 5 nitrogen and oxygen atoms in total. The molecule has 0 amide bonds.